The number of hydrogen-bond acceptors (Lipinski definition) is 3. The minimum atomic E-state index is -0.396. The lowest BCUT2D eigenvalue weighted by Gasteiger charge is -2.54. The van der Waals surface area contributed by atoms with Gasteiger partial charge in [0.25, 0.3) is 5.91 Å². The number of amides is 3. The van der Waals surface area contributed by atoms with Gasteiger partial charge in [0.15, 0.2) is 6.54 Å². The molecule has 1 aromatic rings. The molecule has 0 saturated heterocycles. The summed E-state index contributed by atoms with van der Waals surface area (Å²) in [7, 11) is 0. The zero-order valence-corrected chi connectivity index (χ0v) is 14.7. The third kappa shape index (κ3) is 3.49. The Balaban J connectivity index is 1.23. The molecular formula is C18H26N3O2S+. The van der Waals surface area contributed by atoms with Crippen LogP contribution in [0.5, 0.6) is 0 Å². The Morgan fingerprint density at radius 3 is 2.42 bits per heavy atom. The van der Waals surface area contributed by atoms with Crippen LogP contribution in [0.1, 0.15) is 43.4 Å². The molecule has 5 rings (SSSR count). The molecule has 0 aromatic carbocycles. The normalized spacial score (nSPS) is 33.4. The van der Waals surface area contributed by atoms with E-state index in [-0.39, 0.29) is 11.4 Å². The largest absolute Gasteiger partial charge is 0.334 e. The van der Waals surface area contributed by atoms with Crippen LogP contribution in [-0.2, 0) is 11.3 Å². The molecule has 1 heterocycles. The molecular weight excluding hydrogens is 322 g/mol. The lowest BCUT2D eigenvalue weighted by atomic mass is 9.53. The van der Waals surface area contributed by atoms with Crippen LogP contribution < -0.4 is 16.0 Å². The summed E-state index contributed by atoms with van der Waals surface area (Å²) in [5, 5.41) is 9.40. The van der Waals surface area contributed by atoms with Gasteiger partial charge in [-0.3, -0.25) is 10.1 Å². The van der Waals surface area contributed by atoms with E-state index in [9.17, 15) is 9.59 Å². The number of carbonyl (C=O) groups excluding carboxylic acids is 2. The van der Waals surface area contributed by atoms with Crippen LogP contribution >= 0.6 is 11.3 Å². The molecule has 0 atom stereocenters. The van der Waals surface area contributed by atoms with Crippen molar-refractivity contribution in [2.45, 2.75) is 50.6 Å². The van der Waals surface area contributed by atoms with Crippen molar-refractivity contribution in [3.8, 4) is 0 Å². The second kappa shape index (κ2) is 6.48. The maximum absolute atomic E-state index is 12.1. The smallest absolute Gasteiger partial charge is 0.321 e. The number of thiophene rings is 1. The Morgan fingerprint density at radius 2 is 1.83 bits per heavy atom. The van der Waals surface area contributed by atoms with Crippen LogP contribution in [0.25, 0.3) is 0 Å². The average Bonchev–Trinajstić information content (AvgIpc) is 3.03. The first-order chi connectivity index (χ1) is 11.6. The molecule has 0 spiro atoms. The first-order valence-electron chi connectivity index (χ1n) is 9.05. The van der Waals surface area contributed by atoms with Crippen molar-refractivity contribution in [2.24, 2.45) is 17.8 Å². The van der Waals surface area contributed by atoms with Crippen molar-refractivity contribution in [3.05, 3.63) is 22.4 Å². The number of hydrogen-bond donors (Lipinski definition) is 3. The third-order valence-electron chi connectivity index (χ3n) is 6.06. The number of nitrogens with two attached hydrogens (primary N) is 1. The van der Waals surface area contributed by atoms with Gasteiger partial charge >= 0.3 is 6.03 Å². The van der Waals surface area contributed by atoms with Gasteiger partial charge in [0.2, 0.25) is 0 Å². The molecule has 0 radical (unpaired) electrons. The number of quaternary nitrogens is 1. The molecule has 5 nitrogen and oxygen atoms in total. The fourth-order valence-electron chi connectivity index (χ4n) is 5.54. The number of imide groups is 1. The zero-order chi connectivity index (χ0) is 16.6. The second-order valence-electron chi connectivity index (χ2n) is 8.00. The van der Waals surface area contributed by atoms with E-state index in [0.29, 0.717) is 13.1 Å². The van der Waals surface area contributed by atoms with E-state index >= 15 is 0 Å². The summed E-state index contributed by atoms with van der Waals surface area (Å²) < 4.78 is 0. The average molecular weight is 348 g/mol. The van der Waals surface area contributed by atoms with Gasteiger partial charge in [-0.25, -0.2) is 4.79 Å². The summed E-state index contributed by atoms with van der Waals surface area (Å²) in [6, 6.07) is 3.52. The summed E-state index contributed by atoms with van der Waals surface area (Å²) in [5.74, 6) is 2.45. The van der Waals surface area contributed by atoms with Crippen molar-refractivity contribution in [1.29, 1.82) is 0 Å². The summed E-state index contributed by atoms with van der Waals surface area (Å²) in [4.78, 5) is 25.0. The molecule has 0 unspecified atom stereocenters. The number of nitrogens with one attached hydrogen (secondary N) is 2. The Kier molecular flexibility index (Phi) is 4.35. The quantitative estimate of drug-likeness (QED) is 0.756. The van der Waals surface area contributed by atoms with Gasteiger partial charge in [0.1, 0.15) is 0 Å². The maximum atomic E-state index is 12.1. The highest BCUT2D eigenvalue weighted by Crippen LogP contribution is 2.54. The summed E-state index contributed by atoms with van der Waals surface area (Å²) in [5.41, 5.74) is 0.277. The van der Waals surface area contributed by atoms with E-state index in [1.54, 1.807) is 11.3 Å². The van der Waals surface area contributed by atoms with Crippen LogP contribution in [-0.4, -0.2) is 24.0 Å². The zero-order valence-electron chi connectivity index (χ0n) is 13.9. The molecule has 4 fully saturated rings. The fourth-order valence-corrected chi connectivity index (χ4v) is 6.18. The predicted octanol–water partition coefficient (Wildman–Crippen LogP) is 1.61. The van der Waals surface area contributed by atoms with Gasteiger partial charge in [-0.15, -0.1) is 11.3 Å². The van der Waals surface area contributed by atoms with Gasteiger partial charge in [0.05, 0.1) is 12.1 Å². The highest BCUT2D eigenvalue weighted by molar-refractivity contribution is 7.09. The predicted molar refractivity (Wildman–Crippen MR) is 92.4 cm³/mol. The first-order valence-corrected chi connectivity index (χ1v) is 9.93. The van der Waals surface area contributed by atoms with Crippen LogP contribution in [0.2, 0.25) is 0 Å². The Bertz CT molecular complexity index is 579. The lowest BCUT2D eigenvalue weighted by molar-refractivity contribution is -0.730. The van der Waals surface area contributed by atoms with E-state index < -0.39 is 6.03 Å². The van der Waals surface area contributed by atoms with Crippen molar-refractivity contribution in [1.82, 2.24) is 10.6 Å². The monoisotopic (exact) mass is 348 g/mol. The molecule has 3 amide bonds. The van der Waals surface area contributed by atoms with Crippen molar-refractivity contribution in [3.63, 3.8) is 0 Å². The molecule has 4 aliphatic rings. The van der Waals surface area contributed by atoms with E-state index in [4.69, 9.17) is 0 Å². The van der Waals surface area contributed by atoms with Gasteiger partial charge in [-0.05, 0) is 48.5 Å². The Labute approximate surface area is 146 Å². The van der Waals surface area contributed by atoms with Gasteiger partial charge in [0, 0.05) is 24.1 Å². The van der Waals surface area contributed by atoms with E-state index in [2.05, 4.69) is 16.0 Å². The SMILES string of the molecule is O=C(C[NH2+]C12CC3CC(CC(C3)C1)C2)NC(=O)NCc1cccs1. The topological polar surface area (TPSA) is 74.8 Å². The molecule has 4 saturated carbocycles. The summed E-state index contributed by atoms with van der Waals surface area (Å²) in [6.07, 6.45) is 8.00. The summed E-state index contributed by atoms with van der Waals surface area (Å²) in [6.45, 7) is 0.827. The van der Waals surface area contributed by atoms with Crippen LogP contribution in [0.3, 0.4) is 0 Å². The van der Waals surface area contributed by atoms with Crippen molar-refractivity contribution in [2.75, 3.05) is 6.54 Å². The summed E-state index contributed by atoms with van der Waals surface area (Å²) >= 11 is 1.59. The molecule has 130 valence electrons. The number of carbonyl (C=O) groups is 2. The Morgan fingerprint density at radius 1 is 1.17 bits per heavy atom. The number of urea groups is 1. The second-order valence-corrected chi connectivity index (χ2v) is 9.03. The molecule has 1 aromatic heterocycles. The van der Waals surface area contributed by atoms with Gasteiger partial charge < -0.3 is 10.6 Å². The molecule has 24 heavy (non-hydrogen) atoms. The van der Waals surface area contributed by atoms with Gasteiger partial charge in [-0.2, -0.15) is 0 Å². The highest BCUT2D eigenvalue weighted by Gasteiger charge is 2.53. The maximum Gasteiger partial charge on any atom is 0.321 e. The van der Waals surface area contributed by atoms with Crippen LogP contribution in [0, 0.1) is 17.8 Å². The standard InChI is InChI=1S/C18H25N3O2S/c22-16(21-17(23)19-10-15-2-1-3-24-15)11-20-18-7-12-4-13(8-18)6-14(5-12)9-18/h1-3,12-14,20H,4-11H2,(H2,19,21,22,23)/p+1. The van der Waals surface area contributed by atoms with Crippen molar-refractivity contribution < 1.29 is 14.9 Å². The first kappa shape index (κ1) is 16.1. The highest BCUT2D eigenvalue weighted by atomic mass is 32.1. The van der Waals surface area contributed by atoms with Gasteiger partial charge in [-0.1, -0.05) is 6.07 Å². The lowest BCUT2D eigenvalue weighted by Crippen LogP contribution is -3.00. The number of rotatable bonds is 5. The molecule has 4 bridgehead atoms. The molecule has 6 heteroatoms. The molecule has 0 aliphatic heterocycles. The third-order valence-corrected chi connectivity index (χ3v) is 6.94. The van der Waals surface area contributed by atoms with E-state index in [1.807, 2.05) is 17.5 Å². The molecule has 4 N–H and O–H groups in total. The van der Waals surface area contributed by atoms with E-state index in [0.717, 1.165) is 22.6 Å². The van der Waals surface area contributed by atoms with Crippen LogP contribution in [0.15, 0.2) is 17.5 Å². The fraction of sp³-hybridized carbons (Fsp3) is 0.667. The molecule has 4 aliphatic carbocycles. The Hall–Kier alpha value is -1.40. The minimum Gasteiger partial charge on any atom is -0.334 e. The van der Waals surface area contributed by atoms with Crippen LogP contribution in [0.4, 0.5) is 4.79 Å². The van der Waals surface area contributed by atoms with Crippen molar-refractivity contribution >= 4 is 23.3 Å². The minimum absolute atomic E-state index is 0.186. The van der Waals surface area contributed by atoms with E-state index in [1.165, 1.54) is 38.5 Å².